The molecule has 128 valence electrons. The largest absolute Gasteiger partial charge is 0.352 e. The van der Waals surface area contributed by atoms with Crippen LogP contribution < -0.4 is 5.32 Å². The van der Waals surface area contributed by atoms with Crippen molar-refractivity contribution < 1.29 is 0 Å². The monoisotopic (exact) mass is 511 g/mol. The molecule has 0 atom stereocenters. The van der Waals surface area contributed by atoms with Gasteiger partial charge in [0.2, 0.25) is 0 Å². The maximum Gasteiger partial charge on any atom is 0.194 e. The van der Waals surface area contributed by atoms with Crippen LogP contribution in [0.2, 0.25) is 0 Å². The van der Waals surface area contributed by atoms with Gasteiger partial charge in [0.15, 0.2) is 5.96 Å². The van der Waals surface area contributed by atoms with Crippen LogP contribution in [0.15, 0.2) is 27.9 Å². The number of aryl methyl sites for hydroxylation is 2. The Labute approximate surface area is 167 Å². The molecule has 1 N–H and O–H groups in total. The average molecular weight is 512 g/mol. The number of thiazole rings is 1. The molecular formula is C15H23BrIN5S. The van der Waals surface area contributed by atoms with E-state index < -0.39 is 0 Å². The predicted molar refractivity (Wildman–Crippen MR) is 112 cm³/mol. The van der Waals surface area contributed by atoms with Crippen molar-refractivity contribution in [2.45, 2.75) is 26.4 Å². The maximum atomic E-state index is 4.43. The second-order valence-corrected chi connectivity index (χ2v) is 7.21. The number of nitrogens with zero attached hydrogens (tertiary/aromatic N) is 4. The first kappa shape index (κ1) is 20.4. The number of rotatable bonds is 5. The summed E-state index contributed by atoms with van der Waals surface area (Å²) in [6.45, 7) is 3.65. The summed E-state index contributed by atoms with van der Waals surface area (Å²) in [6, 6.07) is 2.12. The van der Waals surface area contributed by atoms with Crippen LogP contribution in [0.1, 0.15) is 22.5 Å². The quantitative estimate of drug-likeness (QED) is 0.379. The van der Waals surface area contributed by atoms with Crippen molar-refractivity contribution in [1.29, 1.82) is 0 Å². The van der Waals surface area contributed by atoms with Gasteiger partial charge in [0.05, 0.1) is 13.1 Å². The van der Waals surface area contributed by atoms with Gasteiger partial charge >= 0.3 is 0 Å². The number of aromatic nitrogens is 2. The van der Waals surface area contributed by atoms with Gasteiger partial charge in [0.1, 0.15) is 5.01 Å². The third-order valence-corrected chi connectivity index (χ3v) is 4.97. The molecule has 0 unspecified atom stereocenters. The highest BCUT2D eigenvalue weighted by Gasteiger charge is 2.10. The summed E-state index contributed by atoms with van der Waals surface area (Å²) in [6.07, 6.45) is 5.05. The molecular weight excluding hydrogens is 489 g/mol. The van der Waals surface area contributed by atoms with Crippen LogP contribution in [-0.4, -0.2) is 34.5 Å². The van der Waals surface area contributed by atoms with Gasteiger partial charge in [-0.15, -0.1) is 35.3 Å². The lowest BCUT2D eigenvalue weighted by Crippen LogP contribution is -2.38. The molecule has 0 aromatic carbocycles. The molecule has 0 saturated carbocycles. The van der Waals surface area contributed by atoms with E-state index in [9.17, 15) is 0 Å². The Balaban J connectivity index is 0.00000264. The van der Waals surface area contributed by atoms with E-state index in [1.807, 2.05) is 20.3 Å². The minimum absolute atomic E-state index is 0. The van der Waals surface area contributed by atoms with Gasteiger partial charge in [-0.1, -0.05) is 6.92 Å². The number of guanidine groups is 1. The molecule has 0 fully saturated rings. The Kier molecular flexibility index (Phi) is 8.56. The lowest BCUT2D eigenvalue weighted by Gasteiger charge is -2.22. The van der Waals surface area contributed by atoms with Gasteiger partial charge in [-0.25, -0.2) is 4.98 Å². The van der Waals surface area contributed by atoms with Gasteiger partial charge in [-0.05, 0) is 28.4 Å². The Morgan fingerprint density at radius 1 is 1.52 bits per heavy atom. The van der Waals surface area contributed by atoms with Gasteiger partial charge < -0.3 is 14.8 Å². The maximum absolute atomic E-state index is 4.43. The summed E-state index contributed by atoms with van der Waals surface area (Å²) >= 11 is 5.25. The van der Waals surface area contributed by atoms with Gasteiger partial charge in [0.25, 0.3) is 0 Å². The smallest absolute Gasteiger partial charge is 0.194 e. The molecule has 2 aromatic rings. The fourth-order valence-electron chi connectivity index (χ4n) is 2.17. The predicted octanol–water partition coefficient (Wildman–Crippen LogP) is 3.63. The minimum atomic E-state index is 0. The van der Waals surface area contributed by atoms with E-state index >= 15 is 0 Å². The fourth-order valence-corrected chi connectivity index (χ4v) is 3.55. The van der Waals surface area contributed by atoms with E-state index in [1.54, 1.807) is 18.4 Å². The molecule has 0 spiro atoms. The molecule has 2 heterocycles. The zero-order valence-corrected chi connectivity index (χ0v) is 18.6. The highest BCUT2D eigenvalue weighted by molar-refractivity contribution is 14.0. The van der Waals surface area contributed by atoms with E-state index in [1.165, 1.54) is 10.6 Å². The summed E-state index contributed by atoms with van der Waals surface area (Å²) < 4.78 is 3.21. The normalized spacial score (nSPS) is 11.3. The van der Waals surface area contributed by atoms with E-state index in [0.717, 1.165) is 28.4 Å². The van der Waals surface area contributed by atoms with Crippen LogP contribution in [0.4, 0.5) is 0 Å². The summed E-state index contributed by atoms with van der Waals surface area (Å²) in [5, 5.41) is 4.46. The van der Waals surface area contributed by atoms with E-state index in [4.69, 9.17) is 0 Å². The van der Waals surface area contributed by atoms with Crippen molar-refractivity contribution >= 4 is 57.2 Å². The zero-order chi connectivity index (χ0) is 16.1. The molecule has 2 rings (SSSR count). The van der Waals surface area contributed by atoms with Crippen molar-refractivity contribution in [1.82, 2.24) is 19.8 Å². The van der Waals surface area contributed by atoms with E-state index in [-0.39, 0.29) is 24.0 Å². The third-order valence-electron chi connectivity index (χ3n) is 3.39. The molecule has 0 aliphatic rings. The number of halogens is 2. The topological polar surface area (TPSA) is 45.5 Å². The highest BCUT2D eigenvalue weighted by Crippen LogP contribution is 2.15. The number of hydrogen-bond donors (Lipinski definition) is 1. The number of hydrogen-bond acceptors (Lipinski definition) is 3. The Morgan fingerprint density at radius 2 is 2.26 bits per heavy atom. The third kappa shape index (κ3) is 5.75. The SMILES string of the molecule is CCc1cnc(CNC(=NC)N(C)Cc2cc(Br)cn2C)s1.I. The molecule has 5 nitrogen and oxygen atoms in total. The Morgan fingerprint density at radius 3 is 2.78 bits per heavy atom. The first-order chi connectivity index (χ1) is 10.5. The fraction of sp³-hybridized carbons (Fsp3) is 0.467. The van der Waals surface area contributed by atoms with Crippen molar-refractivity contribution in [2.24, 2.45) is 12.0 Å². The molecule has 0 amide bonds. The Hall–Kier alpha value is -0.610. The first-order valence-corrected chi connectivity index (χ1v) is 8.80. The van der Waals surface area contributed by atoms with Crippen molar-refractivity contribution in [2.75, 3.05) is 14.1 Å². The summed E-state index contributed by atoms with van der Waals surface area (Å²) in [5.41, 5.74) is 1.22. The minimum Gasteiger partial charge on any atom is -0.352 e. The van der Waals surface area contributed by atoms with Crippen molar-refractivity contribution in [3.8, 4) is 0 Å². The number of aliphatic imine (C=N–C) groups is 1. The first-order valence-electron chi connectivity index (χ1n) is 7.19. The standard InChI is InChI=1S/C15H22BrN5S.HI/c1-5-13-7-18-14(22-13)8-19-15(17-2)21(4)10-12-6-11(16)9-20(12)3;/h6-7,9H,5,8,10H2,1-4H3,(H,17,19);1H. The van der Waals surface area contributed by atoms with Crippen molar-refractivity contribution in [3.63, 3.8) is 0 Å². The Bertz CT molecular complexity index is 652. The van der Waals surface area contributed by atoms with Crippen LogP contribution in [0.3, 0.4) is 0 Å². The molecule has 0 aliphatic carbocycles. The lowest BCUT2D eigenvalue weighted by molar-refractivity contribution is 0.461. The summed E-state index contributed by atoms with van der Waals surface area (Å²) in [7, 11) is 5.89. The summed E-state index contributed by atoms with van der Waals surface area (Å²) in [5.74, 6) is 0.866. The second kappa shape index (κ2) is 9.63. The molecule has 2 aromatic heterocycles. The van der Waals surface area contributed by atoms with Gasteiger partial charge in [-0.3, -0.25) is 4.99 Å². The molecule has 0 saturated heterocycles. The van der Waals surface area contributed by atoms with Crippen LogP contribution in [-0.2, 0) is 26.6 Å². The van der Waals surface area contributed by atoms with Gasteiger partial charge in [-0.2, -0.15) is 0 Å². The molecule has 0 bridgehead atoms. The van der Waals surface area contributed by atoms with E-state index in [0.29, 0.717) is 6.54 Å². The highest BCUT2D eigenvalue weighted by atomic mass is 127. The van der Waals surface area contributed by atoms with E-state index in [2.05, 4.69) is 59.9 Å². The van der Waals surface area contributed by atoms with Crippen molar-refractivity contribution in [3.05, 3.63) is 38.5 Å². The second-order valence-electron chi connectivity index (χ2n) is 5.09. The van der Waals surface area contributed by atoms with Crippen LogP contribution >= 0.6 is 51.2 Å². The van der Waals surface area contributed by atoms with Crippen LogP contribution in [0.25, 0.3) is 0 Å². The number of nitrogens with one attached hydrogen (secondary N) is 1. The summed E-state index contributed by atoms with van der Waals surface area (Å²) in [4.78, 5) is 12.2. The molecule has 8 heteroatoms. The lowest BCUT2D eigenvalue weighted by atomic mass is 10.4. The van der Waals surface area contributed by atoms with Crippen LogP contribution in [0, 0.1) is 0 Å². The van der Waals surface area contributed by atoms with Crippen LogP contribution in [0.5, 0.6) is 0 Å². The molecule has 0 radical (unpaired) electrons. The zero-order valence-electron chi connectivity index (χ0n) is 13.8. The molecule has 23 heavy (non-hydrogen) atoms. The average Bonchev–Trinajstić information content (AvgIpc) is 3.06. The van der Waals surface area contributed by atoms with Gasteiger partial charge in [0, 0.05) is 48.6 Å². The molecule has 0 aliphatic heterocycles.